The van der Waals surface area contributed by atoms with Crippen LogP contribution in [-0.2, 0) is 6.54 Å². The molecule has 0 spiro atoms. The zero-order valence-corrected chi connectivity index (χ0v) is 21.6. The third kappa shape index (κ3) is 8.06. The molecule has 1 amide bonds. The number of benzene rings is 1. The fourth-order valence-corrected chi connectivity index (χ4v) is 4.15. The summed E-state index contributed by atoms with van der Waals surface area (Å²) in [5, 5.41) is 6.46. The molecule has 2 N–H and O–H groups in total. The second-order valence-corrected chi connectivity index (χ2v) is 8.23. The first-order chi connectivity index (χ1) is 14.0. The number of nitrogens with one attached hydrogen (secondary N) is 2. The Kier molecular flexibility index (Phi) is 12.3. The third-order valence-electron chi connectivity index (χ3n) is 5.94. The Bertz CT molecular complexity index is 675. The summed E-state index contributed by atoms with van der Waals surface area (Å²) in [6.07, 6.45) is 3.75. The first-order valence-corrected chi connectivity index (χ1v) is 11.0. The summed E-state index contributed by atoms with van der Waals surface area (Å²) in [5.74, 6) is 2.50. The van der Waals surface area contributed by atoms with Crippen LogP contribution in [0.5, 0.6) is 0 Å². The van der Waals surface area contributed by atoms with Gasteiger partial charge in [-0.05, 0) is 50.0 Å². The van der Waals surface area contributed by atoms with Crippen LogP contribution in [-0.4, -0.2) is 69.0 Å². The summed E-state index contributed by atoms with van der Waals surface area (Å²) in [5.41, 5.74) is 1.79. The van der Waals surface area contributed by atoms with E-state index in [-0.39, 0.29) is 29.9 Å². The van der Waals surface area contributed by atoms with E-state index in [1.165, 1.54) is 19.3 Å². The molecule has 1 aliphatic rings. The maximum absolute atomic E-state index is 12.4. The van der Waals surface area contributed by atoms with E-state index in [4.69, 9.17) is 0 Å². The minimum atomic E-state index is -0.0226. The molecule has 7 heteroatoms. The normalized spacial score (nSPS) is 16.7. The first-order valence-electron chi connectivity index (χ1n) is 11.0. The minimum Gasteiger partial charge on any atom is -0.352 e. The van der Waals surface area contributed by atoms with E-state index >= 15 is 0 Å². The van der Waals surface area contributed by atoms with Crippen molar-refractivity contribution in [1.82, 2.24) is 20.4 Å². The molecule has 0 aliphatic carbocycles. The number of hydrogen-bond donors (Lipinski definition) is 2. The van der Waals surface area contributed by atoms with Gasteiger partial charge in [-0.3, -0.25) is 9.79 Å². The van der Waals surface area contributed by atoms with Gasteiger partial charge >= 0.3 is 0 Å². The fourth-order valence-electron chi connectivity index (χ4n) is 4.15. The number of carbonyl (C=O) groups excluding carboxylic acids is 1. The van der Waals surface area contributed by atoms with Crippen molar-refractivity contribution in [3.63, 3.8) is 0 Å². The van der Waals surface area contributed by atoms with Crippen LogP contribution in [0.3, 0.4) is 0 Å². The van der Waals surface area contributed by atoms with Gasteiger partial charge in [0.25, 0.3) is 5.91 Å². The predicted octanol–water partition coefficient (Wildman–Crippen LogP) is 3.43. The smallest absolute Gasteiger partial charge is 0.251 e. The summed E-state index contributed by atoms with van der Waals surface area (Å²) < 4.78 is 0. The number of hydrogen-bond acceptors (Lipinski definition) is 3. The molecular weight excluding hydrogens is 489 g/mol. The lowest BCUT2D eigenvalue weighted by Gasteiger charge is -2.24. The molecule has 1 aliphatic heterocycles. The Morgan fingerprint density at radius 1 is 1.27 bits per heavy atom. The summed E-state index contributed by atoms with van der Waals surface area (Å²) >= 11 is 0. The van der Waals surface area contributed by atoms with Crippen LogP contribution in [0.2, 0.25) is 0 Å². The van der Waals surface area contributed by atoms with Crippen molar-refractivity contribution in [2.45, 2.75) is 39.7 Å². The molecule has 0 saturated carbocycles. The number of likely N-dealkylation sites (tertiary alicyclic amines) is 1. The quantitative estimate of drug-likeness (QED) is 0.293. The monoisotopic (exact) mass is 529 g/mol. The van der Waals surface area contributed by atoms with Crippen LogP contribution in [0.4, 0.5) is 0 Å². The predicted molar refractivity (Wildman–Crippen MR) is 137 cm³/mol. The number of halogens is 1. The van der Waals surface area contributed by atoms with Crippen molar-refractivity contribution in [3.8, 4) is 0 Å². The average Bonchev–Trinajstić information content (AvgIpc) is 3.19. The molecule has 0 aromatic heterocycles. The van der Waals surface area contributed by atoms with Gasteiger partial charge in [-0.1, -0.05) is 38.8 Å². The molecule has 30 heavy (non-hydrogen) atoms. The third-order valence-corrected chi connectivity index (χ3v) is 5.94. The second kappa shape index (κ2) is 13.9. The minimum absolute atomic E-state index is 0. The fraction of sp³-hybridized carbons (Fsp3) is 0.652. The van der Waals surface area contributed by atoms with Gasteiger partial charge in [0.05, 0.1) is 0 Å². The molecule has 170 valence electrons. The van der Waals surface area contributed by atoms with Crippen LogP contribution < -0.4 is 10.6 Å². The Morgan fingerprint density at radius 2 is 2.00 bits per heavy atom. The second-order valence-electron chi connectivity index (χ2n) is 8.23. The van der Waals surface area contributed by atoms with Crippen LogP contribution in [0, 0.1) is 11.8 Å². The van der Waals surface area contributed by atoms with Crippen molar-refractivity contribution < 1.29 is 4.79 Å². The lowest BCUT2D eigenvalue weighted by molar-refractivity contribution is 0.0951. The van der Waals surface area contributed by atoms with Crippen LogP contribution in [0.15, 0.2) is 29.3 Å². The first kappa shape index (κ1) is 26.7. The van der Waals surface area contributed by atoms with Gasteiger partial charge in [0.1, 0.15) is 0 Å². The number of amides is 1. The number of likely N-dealkylation sites (N-methyl/N-ethyl adjacent to an activating group) is 1. The summed E-state index contributed by atoms with van der Waals surface area (Å²) in [6.45, 7) is 8.89. The van der Waals surface area contributed by atoms with E-state index < -0.39 is 0 Å². The molecule has 2 rings (SSSR count). The molecule has 1 atom stereocenters. The molecule has 1 aromatic carbocycles. The van der Waals surface area contributed by atoms with Crippen molar-refractivity contribution in [3.05, 3.63) is 35.4 Å². The zero-order valence-electron chi connectivity index (χ0n) is 19.3. The molecule has 1 unspecified atom stereocenters. The van der Waals surface area contributed by atoms with Gasteiger partial charge in [0, 0.05) is 45.3 Å². The van der Waals surface area contributed by atoms with E-state index in [1.54, 1.807) is 0 Å². The molecule has 1 heterocycles. The largest absolute Gasteiger partial charge is 0.352 e. The van der Waals surface area contributed by atoms with Crippen LogP contribution >= 0.6 is 24.0 Å². The Balaban J connectivity index is 0.00000450. The van der Waals surface area contributed by atoms with Gasteiger partial charge in [0.2, 0.25) is 0 Å². The summed E-state index contributed by atoms with van der Waals surface area (Å²) in [7, 11) is 5.85. The van der Waals surface area contributed by atoms with Crippen molar-refractivity contribution >= 4 is 35.8 Å². The highest BCUT2D eigenvalue weighted by Gasteiger charge is 2.29. The van der Waals surface area contributed by atoms with E-state index in [2.05, 4.69) is 39.3 Å². The van der Waals surface area contributed by atoms with Crippen LogP contribution in [0.25, 0.3) is 0 Å². The molecule has 0 bridgehead atoms. The highest BCUT2D eigenvalue weighted by molar-refractivity contribution is 14.0. The highest BCUT2D eigenvalue weighted by atomic mass is 127. The van der Waals surface area contributed by atoms with E-state index in [9.17, 15) is 4.79 Å². The Labute approximate surface area is 199 Å². The number of guanidine groups is 1. The molecular formula is C23H40IN5O. The summed E-state index contributed by atoms with van der Waals surface area (Å²) in [6, 6.07) is 7.82. The van der Waals surface area contributed by atoms with E-state index in [1.807, 2.05) is 45.4 Å². The van der Waals surface area contributed by atoms with Crippen LogP contribution in [0.1, 0.15) is 49.0 Å². The van der Waals surface area contributed by atoms with Gasteiger partial charge in [-0.15, -0.1) is 24.0 Å². The maximum Gasteiger partial charge on any atom is 0.251 e. The van der Waals surface area contributed by atoms with E-state index in [0.29, 0.717) is 18.7 Å². The highest BCUT2D eigenvalue weighted by Crippen LogP contribution is 2.28. The topological polar surface area (TPSA) is 60.0 Å². The van der Waals surface area contributed by atoms with Crippen molar-refractivity contribution in [2.24, 2.45) is 16.8 Å². The van der Waals surface area contributed by atoms with Crippen molar-refractivity contribution in [1.29, 1.82) is 0 Å². The Hall–Kier alpha value is -1.35. The molecule has 6 nitrogen and oxygen atoms in total. The average molecular weight is 530 g/mol. The summed E-state index contributed by atoms with van der Waals surface area (Å²) in [4.78, 5) is 21.3. The lowest BCUT2D eigenvalue weighted by atomic mass is 9.87. The SMILES string of the molecule is CCC(CC)C1CCN(C(=NC)NCc2cccc(C(=O)NCCN(C)C)c2)C1.I. The van der Waals surface area contributed by atoms with Gasteiger partial charge < -0.3 is 20.4 Å². The number of nitrogens with zero attached hydrogens (tertiary/aromatic N) is 3. The standard InChI is InChI=1S/C23H39N5O.HI/c1-6-19(7-2)21-11-13-28(17-21)23(24-3)26-16-18-9-8-10-20(15-18)22(29)25-12-14-27(4)5;/h8-10,15,19,21H,6-7,11-14,16-17H2,1-5H3,(H,24,26)(H,25,29);1H. The molecule has 1 fully saturated rings. The van der Waals surface area contributed by atoms with Gasteiger partial charge in [-0.25, -0.2) is 0 Å². The van der Waals surface area contributed by atoms with E-state index in [0.717, 1.165) is 43.0 Å². The maximum atomic E-state index is 12.4. The molecule has 0 radical (unpaired) electrons. The molecule has 1 saturated heterocycles. The zero-order chi connectivity index (χ0) is 21.2. The Morgan fingerprint density at radius 3 is 2.63 bits per heavy atom. The number of rotatable bonds is 9. The number of carbonyl (C=O) groups is 1. The lowest BCUT2D eigenvalue weighted by Crippen LogP contribution is -2.40. The van der Waals surface area contributed by atoms with Gasteiger partial charge in [-0.2, -0.15) is 0 Å². The number of aliphatic imine (C=N–C) groups is 1. The van der Waals surface area contributed by atoms with Gasteiger partial charge in [0.15, 0.2) is 5.96 Å². The molecule has 1 aromatic rings. The van der Waals surface area contributed by atoms with Crippen molar-refractivity contribution in [2.75, 3.05) is 47.3 Å².